The van der Waals surface area contributed by atoms with Crippen molar-refractivity contribution in [3.63, 3.8) is 0 Å². The largest absolute Gasteiger partial charge is 0.368 e. The number of carbonyl (C=O) groups is 1. The zero-order chi connectivity index (χ0) is 10.8. The Bertz CT molecular complexity index is 242. The Hall–Kier alpha value is -0.570. The lowest BCUT2D eigenvalue weighted by atomic mass is 9.88. The molecule has 2 aliphatic carbocycles. The van der Waals surface area contributed by atoms with E-state index in [2.05, 4.69) is 5.32 Å². The smallest absolute Gasteiger partial charge is 0.234 e. The second-order valence-electron chi connectivity index (χ2n) is 5.21. The maximum atomic E-state index is 11.1. The molecule has 0 heterocycles. The summed E-state index contributed by atoms with van der Waals surface area (Å²) < 4.78 is 0. The van der Waals surface area contributed by atoms with Gasteiger partial charge >= 0.3 is 0 Å². The first-order valence-corrected chi connectivity index (χ1v) is 6.23. The molecule has 0 aliphatic heterocycles. The number of primary amides is 1. The summed E-state index contributed by atoms with van der Waals surface area (Å²) in [7, 11) is 0. The Morgan fingerprint density at radius 2 is 2.27 bits per heavy atom. The van der Waals surface area contributed by atoms with Gasteiger partial charge in [-0.3, -0.25) is 4.79 Å². The van der Waals surface area contributed by atoms with Crippen LogP contribution in [0.3, 0.4) is 0 Å². The van der Waals surface area contributed by atoms with E-state index >= 15 is 0 Å². The zero-order valence-corrected chi connectivity index (χ0v) is 9.54. The number of nitrogens with two attached hydrogens (primary N) is 1. The molecule has 4 atom stereocenters. The number of rotatable bonds is 5. The normalized spacial score (nSPS) is 35.7. The third-order valence-corrected chi connectivity index (χ3v) is 4.26. The van der Waals surface area contributed by atoms with Gasteiger partial charge in [0.1, 0.15) is 0 Å². The molecule has 0 aromatic heterocycles. The van der Waals surface area contributed by atoms with E-state index in [0.717, 1.165) is 30.7 Å². The molecule has 1 amide bonds. The van der Waals surface area contributed by atoms with Crippen LogP contribution in [0, 0.1) is 17.8 Å². The number of carbonyl (C=O) groups excluding carboxylic acids is 1. The summed E-state index contributed by atoms with van der Waals surface area (Å²) in [5.74, 6) is 2.50. The van der Waals surface area contributed by atoms with Gasteiger partial charge in [-0.1, -0.05) is 13.3 Å². The summed E-state index contributed by atoms with van der Waals surface area (Å²) in [4.78, 5) is 11.1. The molecule has 2 saturated carbocycles. The van der Waals surface area contributed by atoms with Gasteiger partial charge in [0.15, 0.2) is 0 Å². The maximum absolute atomic E-state index is 11.1. The van der Waals surface area contributed by atoms with Gasteiger partial charge in [0.25, 0.3) is 0 Å². The molecule has 2 bridgehead atoms. The van der Waals surface area contributed by atoms with Gasteiger partial charge in [0.05, 0.1) is 6.04 Å². The lowest BCUT2D eigenvalue weighted by molar-refractivity contribution is -0.120. The predicted molar refractivity (Wildman–Crippen MR) is 60.2 cm³/mol. The van der Waals surface area contributed by atoms with Crippen molar-refractivity contribution < 1.29 is 4.79 Å². The Labute approximate surface area is 91.8 Å². The molecule has 0 saturated heterocycles. The minimum Gasteiger partial charge on any atom is -0.368 e. The topological polar surface area (TPSA) is 55.1 Å². The minimum absolute atomic E-state index is 0.121. The van der Waals surface area contributed by atoms with Crippen molar-refractivity contribution >= 4 is 5.91 Å². The average Bonchev–Trinajstić information content (AvgIpc) is 2.79. The number of amides is 1. The molecule has 3 heteroatoms. The van der Waals surface area contributed by atoms with Crippen molar-refractivity contribution in [3.05, 3.63) is 0 Å². The summed E-state index contributed by atoms with van der Waals surface area (Å²) in [6.07, 6.45) is 6.45. The number of hydrogen-bond acceptors (Lipinski definition) is 2. The van der Waals surface area contributed by atoms with Crippen LogP contribution in [0.15, 0.2) is 0 Å². The summed E-state index contributed by atoms with van der Waals surface area (Å²) in [6, 6.07) is -0.121. The molecule has 0 aromatic rings. The monoisotopic (exact) mass is 210 g/mol. The standard InChI is InChI=1S/C12H22N2O/c1-2-11(12(13)15)14-7-10-6-8-3-4-9(10)5-8/h8-11,14H,2-7H2,1H3,(H2,13,15). The van der Waals surface area contributed by atoms with E-state index in [9.17, 15) is 4.79 Å². The first kappa shape index (κ1) is 10.9. The van der Waals surface area contributed by atoms with E-state index in [4.69, 9.17) is 5.73 Å². The fraction of sp³-hybridized carbons (Fsp3) is 0.917. The van der Waals surface area contributed by atoms with Crippen molar-refractivity contribution in [2.24, 2.45) is 23.5 Å². The molecular weight excluding hydrogens is 188 g/mol. The van der Waals surface area contributed by atoms with Gasteiger partial charge in [0.2, 0.25) is 5.91 Å². The second kappa shape index (κ2) is 4.52. The molecule has 0 radical (unpaired) electrons. The minimum atomic E-state index is -0.208. The molecule has 2 fully saturated rings. The van der Waals surface area contributed by atoms with Crippen molar-refractivity contribution in [1.82, 2.24) is 5.32 Å². The Balaban J connectivity index is 1.76. The van der Waals surface area contributed by atoms with Crippen LogP contribution in [0.4, 0.5) is 0 Å². The Morgan fingerprint density at radius 3 is 2.73 bits per heavy atom. The summed E-state index contributed by atoms with van der Waals surface area (Å²) >= 11 is 0. The van der Waals surface area contributed by atoms with Crippen molar-refractivity contribution in [2.75, 3.05) is 6.54 Å². The number of fused-ring (bicyclic) bond motifs is 2. The van der Waals surface area contributed by atoms with Crippen LogP contribution in [0.2, 0.25) is 0 Å². The molecular formula is C12H22N2O. The van der Waals surface area contributed by atoms with Crippen LogP contribution in [0.25, 0.3) is 0 Å². The third-order valence-electron chi connectivity index (χ3n) is 4.26. The van der Waals surface area contributed by atoms with E-state index < -0.39 is 0 Å². The van der Waals surface area contributed by atoms with E-state index in [1.54, 1.807) is 0 Å². The van der Waals surface area contributed by atoms with Gasteiger partial charge in [-0.2, -0.15) is 0 Å². The quantitative estimate of drug-likeness (QED) is 0.718. The molecule has 3 N–H and O–H groups in total. The summed E-state index contributed by atoms with van der Waals surface area (Å²) in [5.41, 5.74) is 5.31. The first-order chi connectivity index (χ1) is 7.20. The predicted octanol–water partition coefficient (Wildman–Crippen LogP) is 1.28. The lowest BCUT2D eigenvalue weighted by Gasteiger charge is -2.24. The SMILES string of the molecule is CCC(NCC1CC2CCC1C2)C(N)=O. The Morgan fingerprint density at radius 1 is 1.47 bits per heavy atom. The second-order valence-corrected chi connectivity index (χ2v) is 5.21. The van der Waals surface area contributed by atoms with E-state index in [0.29, 0.717) is 0 Å². The van der Waals surface area contributed by atoms with Gasteiger partial charge < -0.3 is 11.1 Å². The highest BCUT2D eigenvalue weighted by Gasteiger charge is 2.39. The van der Waals surface area contributed by atoms with E-state index in [1.807, 2.05) is 6.92 Å². The summed E-state index contributed by atoms with van der Waals surface area (Å²) in [6.45, 7) is 2.99. The molecule has 2 aliphatic rings. The van der Waals surface area contributed by atoms with Crippen molar-refractivity contribution in [1.29, 1.82) is 0 Å². The highest BCUT2D eigenvalue weighted by Crippen LogP contribution is 2.47. The van der Waals surface area contributed by atoms with Crippen LogP contribution >= 0.6 is 0 Å². The van der Waals surface area contributed by atoms with Crippen LogP contribution < -0.4 is 11.1 Å². The summed E-state index contributed by atoms with van der Waals surface area (Å²) in [5, 5.41) is 3.32. The molecule has 4 unspecified atom stereocenters. The van der Waals surface area contributed by atoms with Gasteiger partial charge in [-0.05, 0) is 50.0 Å². The van der Waals surface area contributed by atoms with Crippen LogP contribution in [0.5, 0.6) is 0 Å². The maximum Gasteiger partial charge on any atom is 0.234 e. The van der Waals surface area contributed by atoms with Crippen LogP contribution in [-0.4, -0.2) is 18.5 Å². The van der Waals surface area contributed by atoms with Gasteiger partial charge in [-0.15, -0.1) is 0 Å². The molecule has 86 valence electrons. The fourth-order valence-corrected chi connectivity index (χ4v) is 3.37. The highest BCUT2D eigenvalue weighted by molar-refractivity contribution is 5.79. The van der Waals surface area contributed by atoms with Crippen molar-refractivity contribution in [3.8, 4) is 0 Å². The molecule has 15 heavy (non-hydrogen) atoms. The molecule has 2 rings (SSSR count). The van der Waals surface area contributed by atoms with E-state index in [1.165, 1.54) is 25.7 Å². The average molecular weight is 210 g/mol. The molecule has 0 aromatic carbocycles. The number of hydrogen-bond donors (Lipinski definition) is 2. The third kappa shape index (κ3) is 2.33. The molecule has 0 spiro atoms. The lowest BCUT2D eigenvalue weighted by Crippen LogP contribution is -2.43. The van der Waals surface area contributed by atoms with Crippen LogP contribution in [0.1, 0.15) is 39.0 Å². The number of nitrogens with one attached hydrogen (secondary N) is 1. The highest BCUT2D eigenvalue weighted by atomic mass is 16.1. The van der Waals surface area contributed by atoms with Crippen molar-refractivity contribution in [2.45, 2.75) is 45.1 Å². The van der Waals surface area contributed by atoms with Crippen LogP contribution in [-0.2, 0) is 4.79 Å². The molecule has 3 nitrogen and oxygen atoms in total. The fourth-order valence-electron chi connectivity index (χ4n) is 3.37. The van der Waals surface area contributed by atoms with Gasteiger partial charge in [-0.25, -0.2) is 0 Å². The van der Waals surface area contributed by atoms with Gasteiger partial charge in [0, 0.05) is 0 Å². The van der Waals surface area contributed by atoms with E-state index in [-0.39, 0.29) is 11.9 Å². The Kier molecular flexibility index (Phi) is 3.29. The first-order valence-electron chi connectivity index (χ1n) is 6.23. The zero-order valence-electron chi connectivity index (χ0n) is 9.54.